The highest BCUT2D eigenvalue weighted by Crippen LogP contribution is 2.23. The summed E-state index contributed by atoms with van der Waals surface area (Å²) in [6.07, 6.45) is 51.3. The number of nitrogens with one attached hydrogen (secondary N) is 1. The summed E-state index contributed by atoms with van der Waals surface area (Å²) in [7, 11) is 0. The second kappa shape index (κ2) is 47.6. The van der Waals surface area contributed by atoms with Crippen LogP contribution in [0.3, 0.4) is 0 Å². The van der Waals surface area contributed by atoms with E-state index in [1.807, 2.05) is 0 Å². The molecular formula is C57H111NO8. The predicted molar refractivity (Wildman–Crippen MR) is 277 cm³/mol. The van der Waals surface area contributed by atoms with E-state index in [9.17, 15) is 30.3 Å². The molecule has 1 fully saturated rings. The zero-order chi connectivity index (χ0) is 48.0. The Morgan fingerprint density at radius 3 is 1.23 bits per heavy atom. The van der Waals surface area contributed by atoms with E-state index >= 15 is 0 Å². The van der Waals surface area contributed by atoms with E-state index in [2.05, 4.69) is 31.3 Å². The number of carbonyl (C=O) groups is 1. The van der Waals surface area contributed by atoms with Crippen LogP contribution in [0.5, 0.6) is 0 Å². The highest BCUT2D eigenvalue weighted by molar-refractivity contribution is 5.76. The number of allylic oxidation sites excluding steroid dienone is 2. The number of rotatable bonds is 50. The fraction of sp³-hybridized carbons (Fsp3) is 0.947. The van der Waals surface area contributed by atoms with Crippen LogP contribution >= 0.6 is 0 Å². The van der Waals surface area contributed by atoms with Crippen molar-refractivity contribution in [2.45, 2.75) is 333 Å². The number of ether oxygens (including phenoxy) is 2. The van der Waals surface area contributed by atoms with E-state index in [4.69, 9.17) is 9.47 Å². The van der Waals surface area contributed by atoms with Crippen LogP contribution in [0.1, 0.15) is 290 Å². The van der Waals surface area contributed by atoms with E-state index in [1.165, 1.54) is 225 Å². The molecule has 6 N–H and O–H groups in total. The van der Waals surface area contributed by atoms with Gasteiger partial charge in [-0.15, -0.1) is 0 Å². The van der Waals surface area contributed by atoms with Gasteiger partial charge in [0.05, 0.1) is 25.4 Å². The van der Waals surface area contributed by atoms with Crippen molar-refractivity contribution in [2.24, 2.45) is 0 Å². The van der Waals surface area contributed by atoms with Crippen molar-refractivity contribution in [1.82, 2.24) is 5.32 Å². The van der Waals surface area contributed by atoms with Crippen LogP contribution in [-0.2, 0) is 14.3 Å². The number of carbonyl (C=O) groups excluding carboxylic acids is 1. The Labute approximate surface area is 407 Å². The minimum Gasteiger partial charge on any atom is -0.394 e. The Balaban J connectivity index is 2.05. The van der Waals surface area contributed by atoms with E-state index in [1.54, 1.807) is 0 Å². The van der Waals surface area contributed by atoms with Gasteiger partial charge in [0.2, 0.25) is 5.91 Å². The summed E-state index contributed by atoms with van der Waals surface area (Å²) in [6, 6.07) is -0.713. The van der Waals surface area contributed by atoms with Crippen LogP contribution in [0.4, 0.5) is 0 Å². The first-order chi connectivity index (χ1) is 32.3. The molecule has 1 aliphatic rings. The van der Waals surface area contributed by atoms with Crippen LogP contribution < -0.4 is 5.32 Å². The average Bonchev–Trinajstić information content (AvgIpc) is 3.32. The molecular weight excluding hydrogens is 827 g/mol. The molecule has 1 aliphatic heterocycles. The molecule has 66 heavy (non-hydrogen) atoms. The first kappa shape index (κ1) is 62.9. The molecule has 7 unspecified atom stereocenters. The maximum atomic E-state index is 13.0. The Morgan fingerprint density at radius 1 is 0.500 bits per heavy atom. The zero-order valence-electron chi connectivity index (χ0n) is 43.5. The Kier molecular flexibility index (Phi) is 45.4. The molecule has 0 saturated carbocycles. The third-order valence-corrected chi connectivity index (χ3v) is 14.1. The second-order valence-corrected chi connectivity index (χ2v) is 20.4. The molecule has 1 rings (SSSR count). The van der Waals surface area contributed by atoms with Gasteiger partial charge in [0.25, 0.3) is 0 Å². The van der Waals surface area contributed by atoms with Crippen molar-refractivity contribution in [3.63, 3.8) is 0 Å². The van der Waals surface area contributed by atoms with Crippen molar-refractivity contribution in [3.05, 3.63) is 12.2 Å². The molecule has 0 aromatic carbocycles. The lowest BCUT2D eigenvalue weighted by Crippen LogP contribution is -2.60. The Bertz CT molecular complexity index is 1040. The SMILES string of the molecule is CCCCCCCCCCCCCC/C=C\CCCCCCCCCCCCCCCCCCCC(=O)NC(COC1OC(CO)C(O)C(O)C1O)C(O)CCCCCCCCCCCC. The third-order valence-electron chi connectivity index (χ3n) is 14.1. The minimum absolute atomic E-state index is 0.134. The summed E-state index contributed by atoms with van der Waals surface area (Å²) in [5, 5.41) is 54.4. The molecule has 7 atom stereocenters. The average molecular weight is 939 g/mol. The quantitative estimate of drug-likeness (QED) is 0.0261. The number of hydrogen-bond acceptors (Lipinski definition) is 8. The van der Waals surface area contributed by atoms with Gasteiger partial charge >= 0.3 is 0 Å². The van der Waals surface area contributed by atoms with Crippen molar-refractivity contribution in [1.29, 1.82) is 0 Å². The van der Waals surface area contributed by atoms with E-state index in [-0.39, 0.29) is 12.5 Å². The fourth-order valence-corrected chi connectivity index (χ4v) is 9.51. The van der Waals surface area contributed by atoms with Crippen molar-refractivity contribution in [3.8, 4) is 0 Å². The van der Waals surface area contributed by atoms with Crippen molar-refractivity contribution in [2.75, 3.05) is 13.2 Å². The van der Waals surface area contributed by atoms with Crippen LogP contribution in [0.2, 0.25) is 0 Å². The molecule has 9 nitrogen and oxygen atoms in total. The van der Waals surface area contributed by atoms with E-state index in [0.717, 1.165) is 38.5 Å². The number of hydrogen-bond donors (Lipinski definition) is 6. The first-order valence-corrected chi connectivity index (χ1v) is 28.9. The molecule has 0 aromatic rings. The summed E-state index contributed by atoms with van der Waals surface area (Å²) >= 11 is 0. The monoisotopic (exact) mass is 938 g/mol. The third kappa shape index (κ3) is 36.9. The largest absolute Gasteiger partial charge is 0.394 e. The molecule has 1 amide bonds. The lowest BCUT2D eigenvalue weighted by atomic mass is 9.99. The lowest BCUT2D eigenvalue weighted by Gasteiger charge is -2.40. The molecule has 0 spiro atoms. The summed E-state index contributed by atoms with van der Waals surface area (Å²) in [5.74, 6) is -0.141. The Morgan fingerprint density at radius 2 is 0.848 bits per heavy atom. The van der Waals surface area contributed by atoms with Gasteiger partial charge in [-0.3, -0.25) is 4.79 Å². The molecule has 9 heteroatoms. The van der Waals surface area contributed by atoms with Gasteiger partial charge in [-0.05, 0) is 38.5 Å². The zero-order valence-corrected chi connectivity index (χ0v) is 43.5. The summed E-state index contributed by atoms with van der Waals surface area (Å²) in [5.41, 5.74) is 0. The number of amides is 1. The highest BCUT2D eigenvalue weighted by Gasteiger charge is 2.44. The molecule has 392 valence electrons. The number of unbranched alkanes of at least 4 members (excludes halogenated alkanes) is 38. The van der Waals surface area contributed by atoms with Crippen LogP contribution in [0.15, 0.2) is 12.2 Å². The van der Waals surface area contributed by atoms with Gasteiger partial charge in [-0.1, -0.05) is 257 Å². The predicted octanol–water partition coefficient (Wildman–Crippen LogP) is 14.0. The molecule has 0 radical (unpaired) electrons. The summed E-state index contributed by atoms with van der Waals surface area (Å²) < 4.78 is 11.3. The van der Waals surface area contributed by atoms with E-state index < -0.39 is 49.5 Å². The van der Waals surface area contributed by atoms with Gasteiger partial charge in [0.1, 0.15) is 24.4 Å². The number of aliphatic hydroxyl groups excluding tert-OH is 5. The van der Waals surface area contributed by atoms with Gasteiger partial charge in [0, 0.05) is 6.42 Å². The maximum Gasteiger partial charge on any atom is 0.220 e. The van der Waals surface area contributed by atoms with Crippen LogP contribution in [-0.4, -0.2) is 87.5 Å². The van der Waals surface area contributed by atoms with Crippen molar-refractivity contribution >= 4 is 5.91 Å². The smallest absolute Gasteiger partial charge is 0.220 e. The topological polar surface area (TPSA) is 149 Å². The van der Waals surface area contributed by atoms with Gasteiger partial charge < -0.3 is 40.3 Å². The van der Waals surface area contributed by atoms with Crippen molar-refractivity contribution < 1.29 is 39.8 Å². The first-order valence-electron chi connectivity index (χ1n) is 28.9. The summed E-state index contributed by atoms with van der Waals surface area (Å²) in [4.78, 5) is 13.0. The van der Waals surface area contributed by atoms with Gasteiger partial charge in [-0.2, -0.15) is 0 Å². The molecule has 0 aliphatic carbocycles. The second-order valence-electron chi connectivity index (χ2n) is 20.4. The maximum absolute atomic E-state index is 13.0. The molecule has 0 aromatic heterocycles. The molecule has 0 bridgehead atoms. The minimum atomic E-state index is -1.55. The van der Waals surface area contributed by atoms with Crippen LogP contribution in [0.25, 0.3) is 0 Å². The molecule has 1 saturated heterocycles. The number of aliphatic hydroxyl groups is 5. The van der Waals surface area contributed by atoms with E-state index in [0.29, 0.717) is 12.8 Å². The van der Waals surface area contributed by atoms with Crippen LogP contribution in [0, 0.1) is 0 Å². The van der Waals surface area contributed by atoms with Gasteiger partial charge in [-0.25, -0.2) is 0 Å². The normalized spacial score (nSPS) is 19.8. The van der Waals surface area contributed by atoms with Gasteiger partial charge in [0.15, 0.2) is 6.29 Å². The Hall–Kier alpha value is -1.07. The summed E-state index contributed by atoms with van der Waals surface area (Å²) in [6.45, 7) is 3.84. The lowest BCUT2D eigenvalue weighted by molar-refractivity contribution is -0.302. The standard InChI is InChI=1S/C57H111NO8/c1-3-5-7-9-11-13-15-16-17-18-19-20-21-22-23-24-25-26-27-28-29-30-31-32-33-34-35-36-37-39-41-43-45-47-53(61)58-50(49-65-57-56(64)55(63)54(62)52(48-59)66-57)51(60)46-44-42-40-38-14-12-10-8-6-4-2/h22-23,50-52,54-57,59-60,62-64H,3-21,24-49H2,1-2H3,(H,58,61)/b23-22-. The molecule has 1 heterocycles. The fourth-order valence-electron chi connectivity index (χ4n) is 9.51. The highest BCUT2D eigenvalue weighted by atomic mass is 16.7.